The Morgan fingerprint density at radius 1 is 1.07 bits per heavy atom. The highest BCUT2D eigenvalue weighted by molar-refractivity contribution is 7.89. The molecule has 2 aromatic rings. The van der Waals surface area contributed by atoms with Crippen LogP contribution in [0.5, 0.6) is 0 Å². The molecule has 0 bridgehead atoms. The molecule has 0 spiro atoms. The van der Waals surface area contributed by atoms with Crippen LogP contribution in [0.25, 0.3) is 0 Å². The summed E-state index contributed by atoms with van der Waals surface area (Å²) in [5.41, 5.74) is -0.266. The van der Waals surface area contributed by atoms with Crippen LogP contribution in [0.3, 0.4) is 0 Å². The second-order valence-electron chi connectivity index (χ2n) is 7.49. The fourth-order valence-corrected chi connectivity index (χ4v) is 5.45. The van der Waals surface area contributed by atoms with Crippen LogP contribution < -0.4 is 5.32 Å². The van der Waals surface area contributed by atoms with Crippen LogP contribution in [0.4, 0.5) is 14.5 Å². The maximum absolute atomic E-state index is 14.3. The molecule has 1 amide bonds. The Morgan fingerprint density at radius 3 is 2.31 bits per heavy atom. The minimum Gasteiger partial charge on any atom is -0.322 e. The second kappa shape index (κ2) is 8.38. The van der Waals surface area contributed by atoms with Gasteiger partial charge in [-0.1, -0.05) is 25.4 Å². The van der Waals surface area contributed by atoms with E-state index in [1.54, 1.807) is 0 Å². The molecule has 1 aliphatic heterocycles. The molecule has 0 radical (unpaired) electrons. The maximum atomic E-state index is 14.3. The number of hydrogen-bond acceptors (Lipinski definition) is 3. The summed E-state index contributed by atoms with van der Waals surface area (Å²) in [4.78, 5) is 12.3. The lowest BCUT2D eigenvalue weighted by Crippen LogP contribution is -2.42. The van der Waals surface area contributed by atoms with Crippen LogP contribution in [0.15, 0.2) is 41.3 Å². The first-order valence-electron chi connectivity index (χ1n) is 9.14. The van der Waals surface area contributed by atoms with E-state index in [9.17, 15) is 22.0 Å². The molecular formula is C20H21ClF2N2O3S. The third-order valence-electron chi connectivity index (χ3n) is 4.83. The molecule has 0 aromatic heterocycles. The summed E-state index contributed by atoms with van der Waals surface area (Å²) in [6.45, 7) is 4.71. The minimum absolute atomic E-state index is 0.150. The van der Waals surface area contributed by atoms with E-state index in [0.717, 1.165) is 30.7 Å². The summed E-state index contributed by atoms with van der Waals surface area (Å²) >= 11 is 5.68. The zero-order valence-corrected chi connectivity index (χ0v) is 17.5. The summed E-state index contributed by atoms with van der Waals surface area (Å²) in [6, 6.07) is 6.65. The molecule has 1 N–H and O–H groups in total. The van der Waals surface area contributed by atoms with E-state index in [1.165, 1.54) is 16.4 Å². The number of rotatable bonds is 4. The Hall–Kier alpha value is -2.03. The van der Waals surface area contributed by atoms with Crippen LogP contribution in [0.1, 0.15) is 30.6 Å². The molecule has 0 aliphatic carbocycles. The molecule has 1 saturated heterocycles. The van der Waals surface area contributed by atoms with Gasteiger partial charge in [0.25, 0.3) is 5.91 Å². The van der Waals surface area contributed by atoms with Gasteiger partial charge in [-0.05, 0) is 54.7 Å². The van der Waals surface area contributed by atoms with Crippen LogP contribution in [0, 0.1) is 23.5 Å². The van der Waals surface area contributed by atoms with E-state index < -0.39 is 33.1 Å². The van der Waals surface area contributed by atoms with Gasteiger partial charge in [0.05, 0.1) is 15.5 Å². The van der Waals surface area contributed by atoms with Crippen molar-refractivity contribution in [2.24, 2.45) is 11.8 Å². The monoisotopic (exact) mass is 442 g/mol. The third kappa shape index (κ3) is 4.76. The zero-order valence-electron chi connectivity index (χ0n) is 16.0. The van der Waals surface area contributed by atoms with Crippen LogP contribution >= 0.6 is 11.6 Å². The fourth-order valence-electron chi connectivity index (χ4n) is 3.56. The largest absolute Gasteiger partial charge is 0.322 e. The molecule has 2 aromatic carbocycles. The van der Waals surface area contributed by atoms with Crippen molar-refractivity contribution in [1.82, 2.24) is 4.31 Å². The van der Waals surface area contributed by atoms with E-state index in [2.05, 4.69) is 5.32 Å². The number of carbonyl (C=O) groups excluding carboxylic acids is 1. The zero-order chi connectivity index (χ0) is 21.3. The van der Waals surface area contributed by atoms with Crippen molar-refractivity contribution in [2.45, 2.75) is 25.2 Å². The number of piperidine rings is 1. The normalized spacial score (nSPS) is 20.4. The summed E-state index contributed by atoms with van der Waals surface area (Å²) in [6.07, 6.45) is 0.934. The number of amides is 1. The first-order chi connectivity index (χ1) is 13.6. The SMILES string of the molecule is C[C@@H]1C[C@@H](C)CN(S(=O)(=O)c2ccc(F)c(C(=O)Nc3ccc(F)c(Cl)c3)c2)C1. The molecule has 2 atom stereocenters. The highest BCUT2D eigenvalue weighted by Crippen LogP contribution is 2.28. The van der Waals surface area contributed by atoms with Gasteiger partial charge in [-0.3, -0.25) is 4.79 Å². The highest BCUT2D eigenvalue weighted by atomic mass is 35.5. The van der Waals surface area contributed by atoms with Gasteiger partial charge in [0, 0.05) is 18.8 Å². The van der Waals surface area contributed by atoms with Gasteiger partial charge in [-0.25, -0.2) is 17.2 Å². The van der Waals surface area contributed by atoms with Crippen LogP contribution in [0.2, 0.25) is 5.02 Å². The maximum Gasteiger partial charge on any atom is 0.258 e. The smallest absolute Gasteiger partial charge is 0.258 e. The molecule has 0 saturated carbocycles. The summed E-state index contributed by atoms with van der Waals surface area (Å²) in [5.74, 6) is -1.97. The predicted octanol–water partition coefficient (Wildman–Crippen LogP) is 4.54. The molecule has 0 unspecified atom stereocenters. The molecule has 5 nitrogen and oxygen atoms in total. The van der Waals surface area contributed by atoms with Crippen molar-refractivity contribution in [3.63, 3.8) is 0 Å². The average Bonchev–Trinajstić information content (AvgIpc) is 2.64. The summed E-state index contributed by atoms with van der Waals surface area (Å²) < 4.78 is 54.9. The molecule has 9 heteroatoms. The molecular weight excluding hydrogens is 422 g/mol. The van der Waals surface area contributed by atoms with Crippen molar-refractivity contribution in [3.05, 3.63) is 58.6 Å². The molecule has 1 heterocycles. The van der Waals surface area contributed by atoms with Crippen LogP contribution in [-0.2, 0) is 10.0 Å². The molecule has 1 aliphatic rings. The van der Waals surface area contributed by atoms with Gasteiger partial charge in [0.15, 0.2) is 0 Å². The Balaban J connectivity index is 1.89. The lowest BCUT2D eigenvalue weighted by Gasteiger charge is -2.34. The Morgan fingerprint density at radius 2 is 1.69 bits per heavy atom. The van der Waals surface area contributed by atoms with E-state index >= 15 is 0 Å². The van der Waals surface area contributed by atoms with Crippen molar-refractivity contribution < 1.29 is 22.0 Å². The topological polar surface area (TPSA) is 66.5 Å². The number of sulfonamides is 1. The quantitative estimate of drug-likeness (QED) is 0.756. The van der Waals surface area contributed by atoms with Crippen molar-refractivity contribution in [3.8, 4) is 0 Å². The van der Waals surface area contributed by atoms with E-state index in [1.807, 2.05) is 13.8 Å². The molecule has 29 heavy (non-hydrogen) atoms. The van der Waals surface area contributed by atoms with E-state index in [0.29, 0.717) is 13.1 Å². The van der Waals surface area contributed by atoms with Gasteiger partial charge in [-0.15, -0.1) is 0 Å². The Labute approximate surface area is 173 Å². The third-order valence-corrected chi connectivity index (χ3v) is 6.95. The standard InChI is InChI=1S/C20H21ClF2N2O3S/c1-12-7-13(2)11-25(10-12)29(27,28)15-4-6-18(22)16(9-15)20(26)24-14-3-5-19(23)17(21)8-14/h3-6,8-9,12-13H,7,10-11H2,1-2H3,(H,24,26)/t12-,13-/m1/s1. The Kier molecular flexibility index (Phi) is 6.26. The summed E-state index contributed by atoms with van der Waals surface area (Å²) in [7, 11) is -3.87. The number of halogens is 3. The number of nitrogens with zero attached hydrogens (tertiary/aromatic N) is 1. The number of nitrogens with one attached hydrogen (secondary N) is 1. The lowest BCUT2D eigenvalue weighted by atomic mass is 9.94. The predicted molar refractivity (Wildman–Crippen MR) is 107 cm³/mol. The molecule has 1 fully saturated rings. The van der Waals surface area contributed by atoms with Crippen LogP contribution in [-0.4, -0.2) is 31.7 Å². The number of hydrogen-bond donors (Lipinski definition) is 1. The van der Waals surface area contributed by atoms with Gasteiger partial charge < -0.3 is 5.32 Å². The summed E-state index contributed by atoms with van der Waals surface area (Å²) in [5, 5.41) is 2.20. The second-order valence-corrected chi connectivity index (χ2v) is 9.84. The van der Waals surface area contributed by atoms with Gasteiger partial charge in [0.1, 0.15) is 11.6 Å². The highest BCUT2D eigenvalue weighted by Gasteiger charge is 2.32. The Bertz CT molecular complexity index is 1040. The van der Waals surface area contributed by atoms with Gasteiger partial charge in [0.2, 0.25) is 10.0 Å². The first kappa shape index (κ1) is 21.7. The van der Waals surface area contributed by atoms with Gasteiger partial charge in [-0.2, -0.15) is 4.31 Å². The van der Waals surface area contributed by atoms with Crippen molar-refractivity contribution >= 4 is 33.2 Å². The average molecular weight is 443 g/mol. The molecule has 156 valence electrons. The number of carbonyl (C=O) groups is 1. The van der Waals surface area contributed by atoms with E-state index in [-0.39, 0.29) is 27.4 Å². The fraction of sp³-hybridized carbons (Fsp3) is 0.350. The number of benzene rings is 2. The molecule has 3 rings (SSSR count). The minimum atomic E-state index is -3.87. The van der Waals surface area contributed by atoms with Crippen molar-refractivity contribution in [2.75, 3.05) is 18.4 Å². The van der Waals surface area contributed by atoms with Crippen molar-refractivity contribution in [1.29, 1.82) is 0 Å². The number of anilines is 1. The lowest BCUT2D eigenvalue weighted by molar-refractivity contribution is 0.102. The first-order valence-corrected chi connectivity index (χ1v) is 11.0. The van der Waals surface area contributed by atoms with Gasteiger partial charge >= 0.3 is 0 Å². The van der Waals surface area contributed by atoms with E-state index in [4.69, 9.17) is 11.6 Å².